The SMILES string of the molecule is COc1ccc(NC(=O)NCCCOc2ccc(SP(C)(=O)C3(C(N)=O)CCOCC3)cc2)c(C)c1. The molecule has 0 radical (unpaired) electrons. The number of amides is 3. The van der Waals surface area contributed by atoms with Gasteiger partial charge in [-0.2, -0.15) is 0 Å². The number of urea groups is 1. The maximum absolute atomic E-state index is 13.6. The lowest BCUT2D eigenvalue weighted by Crippen LogP contribution is -2.47. The van der Waals surface area contributed by atoms with Crippen molar-refractivity contribution in [3.8, 4) is 11.5 Å². The Balaban J connectivity index is 1.42. The number of primary amides is 1. The van der Waals surface area contributed by atoms with Gasteiger partial charge >= 0.3 is 6.03 Å². The Kier molecular flexibility index (Phi) is 9.70. The zero-order valence-corrected chi connectivity index (χ0v) is 22.6. The average Bonchev–Trinajstić information content (AvgIpc) is 2.86. The van der Waals surface area contributed by atoms with Gasteiger partial charge in [0.25, 0.3) is 0 Å². The average molecular weight is 536 g/mol. The minimum atomic E-state index is -3.00. The highest BCUT2D eigenvalue weighted by molar-refractivity contribution is 8.58. The Bertz CT molecular complexity index is 1110. The predicted molar refractivity (Wildman–Crippen MR) is 143 cm³/mol. The summed E-state index contributed by atoms with van der Waals surface area (Å²) in [5.74, 6) is 0.879. The van der Waals surface area contributed by atoms with Crippen LogP contribution in [0, 0.1) is 6.92 Å². The Labute approximate surface area is 215 Å². The zero-order valence-electron chi connectivity index (χ0n) is 20.9. The van der Waals surface area contributed by atoms with Crippen LogP contribution < -0.4 is 25.8 Å². The maximum Gasteiger partial charge on any atom is 0.319 e. The summed E-state index contributed by atoms with van der Waals surface area (Å²) >= 11 is 1.21. The topological polar surface area (TPSA) is 129 Å². The Morgan fingerprint density at radius 1 is 1.14 bits per heavy atom. The summed E-state index contributed by atoms with van der Waals surface area (Å²) in [5, 5.41) is 4.58. The van der Waals surface area contributed by atoms with Crippen molar-refractivity contribution >= 4 is 35.4 Å². The van der Waals surface area contributed by atoms with Crippen LogP contribution in [0.25, 0.3) is 0 Å². The van der Waals surface area contributed by atoms with E-state index in [1.165, 1.54) is 11.4 Å². The van der Waals surface area contributed by atoms with Crippen LogP contribution in [-0.2, 0) is 14.1 Å². The van der Waals surface area contributed by atoms with Gasteiger partial charge in [-0.3, -0.25) is 4.79 Å². The van der Waals surface area contributed by atoms with Gasteiger partial charge in [0.15, 0.2) is 6.34 Å². The van der Waals surface area contributed by atoms with E-state index in [0.717, 1.165) is 21.9 Å². The van der Waals surface area contributed by atoms with E-state index < -0.39 is 17.4 Å². The number of nitrogens with one attached hydrogen (secondary N) is 2. The standard InChI is InChI=1S/C25H34N3O6PS/c1-18-17-20(32-2)7-10-22(18)28-24(30)27-13-4-14-34-19-5-8-21(9-6-19)36-35(3,31)25(23(26)29)11-15-33-16-12-25/h5-10,17H,4,11-16H2,1-3H3,(H2,26,29)(H2,27,28,30). The highest BCUT2D eigenvalue weighted by Gasteiger charge is 2.51. The fourth-order valence-electron chi connectivity index (χ4n) is 3.98. The third-order valence-electron chi connectivity index (χ3n) is 6.22. The first-order valence-electron chi connectivity index (χ1n) is 11.7. The summed E-state index contributed by atoms with van der Waals surface area (Å²) in [7, 11) is 1.60. The minimum absolute atomic E-state index is 0.285. The van der Waals surface area contributed by atoms with Crippen molar-refractivity contribution in [1.82, 2.24) is 5.32 Å². The van der Waals surface area contributed by atoms with E-state index in [0.29, 0.717) is 51.4 Å². The van der Waals surface area contributed by atoms with E-state index in [1.54, 1.807) is 38.0 Å². The summed E-state index contributed by atoms with van der Waals surface area (Å²) in [6, 6.07) is 12.4. The molecule has 3 rings (SSSR count). The van der Waals surface area contributed by atoms with Crippen molar-refractivity contribution in [2.24, 2.45) is 5.73 Å². The minimum Gasteiger partial charge on any atom is -0.497 e. The monoisotopic (exact) mass is 535 g/mol. The van der Waals surface area contributed by atoms with E-state index in [4.69, 9.17) is 19.9 Å². The lowest BCUT2D eigenvalue weighted by molar-refractivity contribution is -0.122. The lowest BCUT2D eigenvalue weighted by atomic mass is 9.98. The number of carbonyl (C=O) groups excluding carboxylic acids is 2. The van der Waals surface area contributed by atoms with Gasteiger partial charge in [0.05, 0.1) is 13.7 Å². The molecule has 11 heteroatoms. The molecule has 2 aromatic rings. The predicted octanol–water partition coefficient (Wildman–Crippen LogP) is 4.63. The number of methoxy groups -OCH3 is 1. The van der Waals surface area contributed by atoms with E-state index in [1.807, 2.05) is 25.1 Å². The molecule has 0 aliphatic carbocycles. The number of anilines is 1. The molecule has 1 aliphatic heterocycles. The smallest absolute Gasteiger partial charge is 0.319 e. The first-order chi connectivity index (χ1) is 17.2. The number of hydrogen-bond donors (Lipinski definition) is 3. The molecule has 9 nitrogen and oxygen atoms in total. The molecule has 1 saturated heterocycles. The molecule has 2 aromatic carbocycles. The third-order valence-corrected chi connectivity index (χ3v) is 12.0. The van der Waals surface area contributed by atoms with Crippen LogP contribution >= 0.6 is 17.7 Å². The molecule has 1 fully saturated rings. The maximum atomic E-state index is 13.6. The van der Waals surface area contributed by atoms with Crippen molar-refractivity contribution in [3.63, 3.8) is 0 Å². The highest BCUT2D eigenvalue weighted by Crippen LogP contribution is 2.70. The summed E-state index contributed by atoms with van der Waals surface area (Å²) in [6.45, 7) is 5.17. The van der Waals surface area contributed by atoms with Crippen molar-refractivity contribution in [1.29, 1.82) is 0 Å². The van der Waals surface area contributed by atoms with Crippen LogP contribution in [0.4, 0.5) is 10.5 Å². The Morgan fingerprint density at radius 2 is 1.81 bits per heavy atom. The highest BCUT2D eigenvalue weighted by atomic mass is 32.7. The Hall–Kier alpha value is -2.68. The number of aryl methyl sites for hydroxylation is 1. The number of hydrogen-bond acceptors (Lipinski definition) is 7. The second kappa shape index (κ2) is 12.5. The van der Waals surface area contributed by atoms with Crippen LogP contribution in [0.5, 0.6) is 11.5 Å². The van der Waals surface area contributed by atoms with Crippen molar-refractivity contribution < 1.29 is 28.4 Å². The Morgan fingerprint density at radius 3 is 2.42 bits per heavy atom. The molecule has 0 aromatic heterocycles. The van der Waals surface area contributed by atoms with Gasteiger partial charge in [0.2, 0.25) is 5.91 Å². The van der Waals surface area contributed by atoms with Crippen molar-refractivity contribution in [3.05, 3.63) is 48.0 Å². The molecule has 36 heavy (non-hydrogen) atoms. The number of rotatable bonds is 11. The molecule has 4 N–H and O–H groups in total. The molecular weight excluding hydrogens is 501 g/mol. The van der Waals surface area contributed by atoms with Crippen molar-refractivity contribution in [2.45, 2.75) is 36.2 Å². The molecule has 1 heterocycles. The van der Waals surface area contributed by atoms with Gasteiger partial charge in [0.1, 0.15) is 16.7 Å². The molecule has 1 unspecified atom stereocenters. The van der Waals surface area contributed by atoms with Crippen LogP contribution in [0.3, 0.4) is 0 Å². The van der Waals surface area contributed by atoms with Crippen LogP contribution in [0.1, 0.15) is 24.8 Å². The van der Waals surface area contributed by atoms with Gasteiger partial charge in [0, 0.05) is 30.3 Å². The quantitative estimate of drug-likeness (QED) is 0.283. The number of benzene rings is 2. The number of ether oxygens (including phenoxy) is 3. The summed E-state index contributed by atoms with van der Waals surface area (Å²) in [6.07, 6.45) is -1.63. The van der Waals surface area contributed by atoms with Crippen LogP contribution in [0.15, 0.2) is 47.4 Å². The van der Waals surface area contributed by atoms with Crippen molar-refractivity contribution in [2.75, 3.05) is 45.5 Å². The number of carbonyl (C=O) groups is 2. The second-order valence-electron chi connectivity index (χ2n) is 8.68. The fraction of sp³-hybridized carbons (Fsp3) is 0.440. The van der Waals surface area contributed by atoms with Gasteiger partial charge in [-0.25, -0.2) is 4.79 Å². The second-order valence-corrected chi connectivity index (χ2v) is 14.5. The molecule has 3 amide bonds. The van der Waals surface area contributed by atoms with Gasteiger partial charge in [-0.05, 0) is 80.9 Å². The lowest BCUT2D eigenvalue weighted by Gasteiger charge is -2.38. The first-order valence-corrected chi connectivity index (χ1v) is 15.3. The largest absolute Gasteiger partial charge is 0.497 e. The van der Waals surface area contributed by atoms with E-state index in [9.17, 15) is 14.2 Å². The number of nitrogens with two attached hydrogens (primary N) is 1. The van der Waals surface area contributed by atoms with Crippen LogP contribution in [-0.4, -0.2) is 57.2 Å². The molecule has 1 atom stereocenters. The zero-order chi connectivity index (χ0) is 26.2. The van der Waals surface area contributed by atoms with E-state index in [2.05, 4.69) is 10.6 Å². The summed E-state index contributed by atoms with van der Waals surface area (Å²) in [5.41, 5.74) is 7.31. The van der Waals surface area contributed by atoms with E-state index >= 15 is 0 Å². The van der Waals surface area contributed by atoms with Gasteiger partial charge in [-0.1, -0.05) is 11.4 Å². The van der Waals surface area contributed by atoms with Crippen LogP contribution in [0.2, 0.25) is 0 Å². The molecule has 0 spiro atoms. The first kappa shape index (κ1) is 27.9. The van der Waals surface area contributed by atoms with E-state index in [-0.39, 0.29) is 6.03 Å². The molecule has 0 bridgehead atoms. The van der Waals surface area contributed by atoms with Gasteiger partial charge < -0.3 is 35.1 Å². The molecule has 196 valence electrons. The summed E-state index contributed by atoms with van der Waals surface area (Å²) < 4.78 is 29.9. The van der Waals surface area contributed by atoms with Gasteiger partial charge in [-0.15, -0.1) is 0 Å². The molecule has 0 saturated carbocycles. The normalized spacial score (nSPS) is 16.4. The molecular formula is C25H34N3O6PS. The fourth-order valence-corrected chi connectivity index (χ4v) is 9.13. The summed E-state index contributed by atoms with van der Waals surface area (Å²) in [4.78, 5) is 25.1. The third kappa shape index (κ3) is 6.96. The molecule has 1 aliphatic rings.